The molecule has 0 heterocycles. The minimum Gasteiger partial charge on any atom is -0.0946 e. The fraction of sp³-hybridized carbons (Fsp3) is 0.440. The first-order valence-electron chi connectivity index (χ1n) is 10.7. The summed E-state index contributed by atoms with van der Waals surface area (Å²) in [5.41, 5.74) is 2.79. The van der Waals surface area contributed by atoms with Gasteiger partial charge in [0.15, 0.2) is 0 Å². The Hall–Kier alpha value is -1.39. The zero-order valence-corrected chi connectivity index (χ0v) is 19.7. The molecular weight excluding hydrogens is 356 g/mol. The van der Waals surface area contributed by atoms with Gasteiger partial charge in [-0.1, -0.05) is 140 Å². The number of rotatable bonds is 6. The predicted octanol–water partition coefficient (Wildman–Crippen LogP) is 6.19. The van der Waals surface area contributed by atoms with Crippen LogP contribution in [0.1, 0.15) is 38.5 Å². The summed E-state index contributed by atoms with van der Waals surface area (Å²) in [6, 6.07) is 22.6. The number of allylic oxidation sites excluding steroid dienone is 1. The van der Waals surface area contributed by atoms with Crippen molar-refractivity contribution < 1.29 is 0 Å². The maximum atomic E-state index is 2.79. The highest BCUT2D eigenvalue weighted by molar-refractivity contribution is 6.99. The van der Waals surface area contributed by atoms with E-state index in [0.29, 0.717) is 0 Å². The van der Waals surface area contributed by atoms with E-state index in [4.69, 9.17) is 0 Å². The maximum Gasteiger partial charge on any atom is 0.106 e. The molecule has 0 bridgehead atoms. The summed E-state index contributed by atoms with van der Waals surface area (Å²) in [6.07, 6.45) is 8.51. The Morgan fingerprint density at radius 1 is 0.778 bits per heavy atom. The van der Waals surface area contributed by atoms with Crippen molar-refractivity contribution in [3.63, 3.8) is 0 Å². The smallest absolute Gasteiger partial charge is 0.0946 e. The van der Waals surface area contributed by atoms with Gasteiger partial charge in [0.2, 0.25) is 0 Å². The summed E-state index contributed by atoms with van der Waals surface area (Å²) < 4.78 is 0. The third-order valence-corrected chi connectivity index (χ3v) is 13.5. The lowest BCUT2D eigenvalue weighted by Gasteiger charge is -2.34. The number of hydrogen-bond acceptors (Lipinski definition) is 0. The Balaban J connectivity index is 1.98. The average Bonchev–Trinajstić information content (AvgIpc) is 2.69. The predicted molar refractivity (Wildman–Crippen MR) is 126 cm³/mol. The van der Waals surface area contributed by atoms with Gasteiger partial charge < -0.3 is 0 Å². The Kier molecular flexibility index (Phi) is 6.59. The first-order chi connectivity index (χ1) is 12.9. The molecule has 0 atom stereocenters. The van der Waals surface area contributed by atoms with Gasteiger partial charge in [-0.3, -0.25) is 0 Å². The van der Waals surface area contributed by atoms with Gasteiger partial charge in [-0.15, -0.1) is 0 Å². The molecule has 1 fully saturated rings. The van der Waals surface area contributed by atoms with Crippen molar-refractivity contribution in [1.29, 1.82) is 0 Å². The van der Waals surface area contributed by atoms with E-state index in [9.17, 15) is 0 Å². The van der Waals surface area contributed by atoms with Crippen LogP contribution in [0.4, 0.5) is 0 Å². The van der Waals surface area contributed by atoms with E-state index >= 15 is 0 Å². The molecule has 0 aliphatic heterocycles. The van der Waals surface area contributed by atoms with Crippen molar-refractivity contribution in [3.05, 3.63) is 71.6 Å². The molecule has 2 aromatic carbocycles. The lowest BCUT2D eigenvalue weighted by atomic mass is 9.87. The molecule has 1 saturated carbocycles. The molecule has 0 unspecified atom stereocenters. The highest BCUT2D eigenvalue weighted by Crippen LogP contribution is 2.33. The van der Waals surface area contributed by atoms with Crippen LogP contribution < -0.4 is 10.4 Å². The average molecular weight is 393 g/mol. The van der Waals surface area contributed by atoms with Crippen LogP contribution in [0.5, 0.6) is 0 Å². The van der Waals surface area contributed by atoms with E-state index in [1.54, 1.807) is 15.6 Å². The van der Waals surface area contributed by atoms with Crippen LogP contribution in [0.15, 0.2) is 71.6 Å². The summed E-state index contributed by atoms with van der Waals surface area (Å²) in [5, 5.41) is 4.95. The summed E-state index contributed by atoms with van der Waals surface area (Å²) in [4.78, 5) is 0. The van der Waals surface area contributed by atoms with Crippen molar-refractivity contribution in [3.8, 4) is 0 Å². The van der Waals surface area contributed by atoms with Crippen molar-refractivity contribution in [1.82, 2.24) is 0 Å². The molecule has 1 aliphatic rings. The monoisotopic (exact) mass is 392 g/mol. The van der Waals surface area contributed by atoms with Gasteiger partial charge in [0, 0.05) is 0 Å². The molecule has 0 aromatic heterocycles. The summed E-state index contributed by atoms with van der Waals surface area (Å²) >= 11 is 0. The van der Waals surface area contributed by atoms with Crippen LogP contribution in [0.2, 0.25) is 26.2 Å². The molecule has 27 heavy (non-hydrogen) atoms. The Bertz CT molecular complexity index is 738. The summed E-state index contributed by atoms with van der Waals surface area (Å²) in [6.45, 7) is 10.2. The zero-order valence-electron chi connectivity index (χ0n) is 17.7. The molecule has 2 aromatic rings. The van der Waals surface area contributed by atoms with E-state index < -0.39 is 16.1 Å². The van der Waals surface area contributed by atoms with E-state index in [2.05, 4.69) is 92.6 Å². The van der Waals surface area contributed by atoms with Crippen LogP contribution >= 0.6 is 0 Å². The highest BCUT2D eigenvalue weighted by atomic mass is 28.3. The molecule has 3 rings (SSSR count). The number of hydrogen-bond donors (Lipinski definition) is 0. The van der Waals surface area contributed by atoms with Gasteiger partial charge in [0.1, 0.15) is 16.1 Å². The van der Waals surface area contributed by atoms with Gasteiger partial charge in [0.25, 0.3) is 0 Å². The van der Waals surface area contributed by atoms with Crippen molar-refractivity contribution in [2.24, 2.45) is 5.92 Å². The third-order valence-electron chi connectivity index (χ3n) is 6.58. The third kappa shape index (κ3) is 5.11. The molecule has 144 valence electrons. The van der Waals surface area contributed by atoms with Gasteiger partial charge in [-0.25, -0.2) is 0 Å². The molecule has 2 heteroatoms. The lowest BCUT2D eigenvalue weighted by Crippen LogP contribution is -2.47. The maximum absolute atomic E-state index is 2.79. The second-order valence-corrected chi connectivity index (χ2v) is 18.2. The van der Waals surface area contributed by atoms with Crippen LogP contribution in [-0.4, -0.2) is 16.1 Å². The van der Waals surface area contributed by atoms with Gasteiger partial charge in [0.05, 0.1) is 0 Å². The van der Waals surface area contributed by atoms with Crippen LogP contribution in [0.3, 0.4) is 0 Å². The van der Waals surface area contributed by atoms with E-state index in [1.165, 1.54) is 38.5 Å². The van der Waals surface area contributed by atoms with Crippen LogP contribution in [0, 0.1) is 5.92 Å². The molecule has 0 amide bonds. The van der Waals surface area contributed by atoms with Gasteiger partial charge in [-0.2, -0.15) is 0 Å². The SMILES string of the molecule is C[Si](C)(/C=C(/CC1CCCCC1)[Si](C)(C)c1ccccc1)c1ccccc1. The molecule has 0 radical (unpaired) electrons. The molecule has 0 saturated heterocycles. The second-order valence-electron chi connectivity index (χ2n) is 9.46. The number of benzene rings is 2. The molecule has 0 spiro atoms. The fourth-order valence-electron chi connectivity index (χ4n) is 4.62. The first kappa shape index (κ1) is 20.4. The normalized spacial score (nSPS) is 17.1. The summed E-state index contributed by atoms with van der Waals surface area (Å²) in [5.74, 6) is 0.904. The minimum atomic E-state index is -1.64. The zero-order chi connectivity index (χ0) is 19.3. The molecule has 1 aliphatic carbocycles. The Labute approximate surface area is 168 Å². The quantitative estimate of drug-likeness (QED) is 0.514. The molecule has 0 nitrogen and oxygen atoms in total. The van der Waals surface area contributed by atoms with Crippen molar-refractivity contribution in [2.45, 2.75) is 64.7 Å². The fourth-order valence-corrected chi connectivity index (χ4v) is 11.6. The highest BCUT2D eigenvalue weighted by Gasteiger charge is 2.33. The van der Waals surface area contributed by atoms with Crippen molar-refractivity contribution in [2.75, 3.05) is 0 Å². The van der Waals surface area contributed by atoms with Gasteiger partial charge >= 0.3 is 0 Å². The van der Waals surface area contributed by atoms with E-state index in [1.807, 2.05) is 0 Å². The van der Waals surface area contributed by atoms with E-state index in [0.717, 1.165) is 5.92 Å². The van der Waals surface area contributed by atoms with Crippen molar-refractivity contribution >= 4 is 26.5 Å². The largest absolute Gasteiger partial charge is 0.106 e. The second kappa shape index (κ2) is 8.75. The molecule has 0 N–H and O–H groups in total. The Morgan fingerprint density at radius 2 is 1.30 bits per heavy atom. The standard InChI is InChI=1S/C25H36Si2/c1-26(2,23-16-10-6-11-17-23)21-25(20-22-14-8-5-9-15-22)27(3,4)24-18-12-7-13-19-24/h6-7,10-13,16-19,21-22H,5,8-9,14-15,20H2,1-4H3/b25-21-. The Morgan fingerprint density at radius 3 is 1.85 bits per heavy atom. The van der Waals surface area contributed by atoms with Gasteiger partial charge in [-0.05, 0) is 12.3 Å². The summed E-state index contributed by atoms with van der Waals surface area (Å²) in [7, 11) is -3.24. The minimum absolute atomic E-state index is 0.904. The first-order valence-corrected chi connectivity index (χ1v) is 16.8. The lowest BCUT2D eigenvalue weighted by molar-refractivity contribution is 0.359. The van der Waals surface area contributed by atoms with Crippen LogP contribution in [-0.2, 0) is 0 Å². The topological polar surface area (TPSA) is 0 Å². The molecular formula is C25H36Si2. The van der Waals surface area contributed by atoms with Crippen LogP contribution in [0.25, 0.3) is 0 Å². The van der Waals surface area contributed by atoms with E-state index in [-0.39, 0.29) is 0 Å².